The molecule has 3 rings (SSSR count). The molecule has 5 heteroatoms. The minimum absolute atomic E-state index is 0.0492. The van der Waals surface area contributed by atoms with Gasteiger partial charge >= 0.3 is 5.97 Å². The van der Waals surface area contributed by atoms with Gasteiger partial charge in [0, 0.05) is 18.8 Å². The molecule has 2 fully saturated rings. The number of carbonyl (C=O) groups is 1. The van der Waals surface area contributed by atoms with Crippen LogP contribution in [0.3, 0.4) is 0 Å². The third kappa shape index (κ3) is 1.39. The molecule has 0 saturated carbocycles. The van der Waals surface area contributed by atoms with Crippen LogP contribution in [0, 0.1) is 11.8 Å². The van der Waals surface area contributed by atoms with Crippen LogP contribution in [-0.4, -0.2) is 42.8 Å². The summed E-state index contributed by atoms with van der Waals surface area (Å²) in [7, 11) is 0. The lowest BCUT2D eigenvalue weighted by molar-refractivity contribution is -0.217. The zero-order valence-electron chi connectivity index (χ0n) is 8.96. The van der Waals surface area contributed by atoms with Crippen molar-refractivity contribution in [2.45, 2.75) is 25.4 Å². The molecule has 0 bridgehead atoms. The Kier molecular flexibility index (Phi) is 2.27. The van der Waals surface area contributed by atoms with Crippen molar-refractivity contribution in [2.24, 2.45) is 11.8 Å². The van der Waals surface area contributed by atoms with Crippen LogP contribution in [0.2, 0.25) is 0 Å². The number of rotatable bonds is 1. The maximum atomic E-state index is 11.0. The fourth-order valence-corrected chi connectivity index (χ4v) is 2.91. The summed E-state index contributed by atoms with van der Waals surface area (Å²) in [6, 6.07) is 0. The summed E-state index contributed by atoms with van der Waals surface area (Å²) >= 11 is 0. The maximum Gasteiger partial charge on any atom is 0.302 e. The van der Waals surface area contributed by atoms with Gasteiger partial charge in [0.15, 0.2) is 6.29 Å². The summed E-state index contributed by atoms with van der Waals surface area (Å²) in [5.74, 6) is -0.403. The van der Waals surface area contributed by atoms with Crippen molar-refractivity contribution in [3.05, 3.63) is 11.6 Å². The number of hydrogen-bond acceptors (Lipinski definition) is 5. The lowest BCUT2D eigenvalue weighted by Crippen LogP contribution is -2.48. The molecular weight excluding hydrogens is 212 g/mol. The summed E-state index contributed by atoms with van der Waals surface area (Å²) in [5.41, 5.74) is 1.07. The van der Waals surface area contributed by atoms with Gasteiger partial charge in [-0.1, -0.05) is 6.08 Å². The van der Waals surface area contributed by atoms with Crippen LogP contribution in [0.1, 0.15) is 6.92 Å². The van der Waals surface area contributed by atoms with Gasteiger partial charge in [-0.25, -0.2) is 0 Å². The number of carbonyl (C=O) groups excluding carboxylic acids is 1. The van der Waals surface area contributed by atoms with Gasteiger partial charge in [0.2, 0.25) is 0 Å². The normalized spacial score (nSPS) is 45.1. The Morgan fingerprint density at radius 3 is 3.12 bits per heavy atom. The van der Waals surface area contributed by atoms with E-state index in [1.807, 2.05) is 0 Å². The van der Waals surface area contributed by atoms with E-state index < -0.39 is 6.10 Å². The highest BCUT2D eigenvalue weighted by Crippen LogP contribution is 2.46. The van der Waals surface area contributed by atoms with Gasteiger partial charge in [0.25, 0.3) is 0 Å². The quantitative estimate of drug-likeness (QED) is 0.497. The van der Waals surface area contributed by atoms with Crippen LogP contribution in [0.15, 0.2) is 11.6 Å². The van der Waals surface area contributed by atoms with Crippen LogP contribution in [-0.2, 0) is 19.0 Å². The summed E-state index contributed by atoms with van der Waals surface area (Å²) in [4.78, 5) is 11.0. The van der Waals surface area contributed by atoms with E-state index in [-0.39, 0.29) is 30.2 Å². The first-order valence-electron chi connectivity index (χ1n) is 5.46. The summed E-state index contributed by atoms with van der Waals surface area (Å²) in [6.45, 7) is 2.17. The van der Waals surface area contributed by atoms with Gasteiger partial charge < -0.3 is 19.3 Å². The molecule has 1 aliphatic carbocycles. The maximum absolute atomic E-state index is 11.0. The lowest BCUT2D eigenvalue weighted by atomic mass is 9.84. The Balaban J connectivity index is 1.84. The molecular formula is C11H14O5. The Morgan fingerprint density at radius 1 is 1.56 bits per heavy atom. The van der Waals surface area contributed by atoms with Gasteiger partial charge in [-0.05, 0) is 5.57 Å². The van der Waals surface area contributed by atoms with E-state index in [2.05, 4.69) is 0 Å². The zero-order chi connectivity index (χ0) is 11.3. The van der Waals surface area contributed by atoms with E-state index in [1.54, 1.807) is 6.08 Å². The molecule has 0 aromatic rings. The Labute approximate surface area is 93.0 Å². The second-order valence-corrected chi connectivity index (χ2v) is 4.50. The third-order valence-electron chi connectivity index (χ3n) is 3.50. The molecule has 0 radical (unpaired) electrons. The predicted molar refractivity (Wildman–Crippen MR) is 52.3 cm³/mol. The van der Waals surface area contributed by atoms with Gasteiger partial charge in [-0.2, -0.15) is 0 Å². The Hall–Kier alpha value is -0.910. The molecule has 88 valence electrons. The second kappa shape index (κ2) is 3.55. The zero-order valence-corrected chi connectivity index (χ0v) is 8.96. The van der Waals surface area contributed by atoms with E-state index in [0.717, 1.165) is 5.57 Å². The molecule has 5 atom stereocenters. The summed E-state index contributed by atoms with van der Waals surface area (Å²) in [5, 5.41) is 9.95. The van der Waals surface area contributed by atoms with E-state index in [1.165, 1.54) is 6.92 Å². The third-order valence-corrected chi connectivity index (χ3v) is 3.50. The molecule has 0 aromatic carbocycles. The largest absolute Gasteiger partial charge is 0.460 e. The lowest BCUT2D eigenvalue weighted by Gasteiger charge is -2.37. The number of hydrogen-bond donors (Lipinski definition) is 1. The monoisotopic (exact) mass is 226 g/mol. The molecule has 5 nitrogen and oxygen atoms in total. The molecule has 16 heavy (non-hydrogen) atoms. The minimum Gasteiger partial charge on any atom is -0.460 e. The topological polar surface area (TPSA) is 65.0 Å². The first kappa shape index (κ1) is 10.3. The van der Waals surface area contributed by atoms with Crippen molar-refractivity contribution in [1.29, 1.82) is 0 Å². The highest BCUT2D eigenvalue weighted by atomic mass is 16.7. The minimum atomic E-state index is -0.556. The van der Waals surface area contributed by atoms with Crippen molar-refractivity contribution in [1.82, 2.24) is 0 Å². The first-order chi connectivity index (χ1) is 7.66. The summed E-state index contributed by atoms with van der Waals surface area (Å²) in [6.07, 6.45) is 0.601. The summed E-state index contributed by atoms with van der Waals surface area (Å²) < 4.78 is 16.1. The van der Waals surface area contributed by atoms with Gasteiger partial charge in [-0.15, -0.1) is 0 Å². The number of ether oxygens (including phenoxy) is 3. The highest BCUT2D eigenvalue weighted by molar-refractivity contribution is 5.66. The average molecular weight is 226 g/mol. The van der Waals surface area contributed by atoms with Gasteiger partial charge in [0.05, 0.1) is 19.3 Å². The number of aliphatic hydroxyl groups excluding tert-OH is 1. The van der Waals surface area contributed by atoms with Crippen molar-refractivity contribution in [3.8, 4) is 0 Å². The van der Waals surface area contributed by atoms with E-state index in [4.69, 9.17) is 14.2 Å². The molecule has 3 aliphatic rings. The Bertz CT molecular complexity index is 350. The van der Waals surface area contributed by atoms with Crippen LogP contribution < -0.4 is 0 Å². The molecule has 0 spiro atoms. The molecule has 0 aromatic heterocycles. The van der Waals surface area contributed by atoms with E-state index in [9.17, 15) is 9.90 Å². The second-order valence-electron chi connectivity index (χ2n) is 4.50. The van der Waals surface area contributed by atoms with Crippen molar-refractivity contribution in [2.75, 3.05) is 13.2 Å². The average Bonchev–Trinajstić information content (AvgIpc) is 2.73. The van der Waals surface area contributed by atoms with Crippen molar-refractivity contribution in [3.63, 3.8) is 0 Å². The smallest absolute Gasteiger partial charge is 0.302 e. The number of aliphatic hydroxyl groups is 1. The van der Waals surface area contributed by atoms with Crippen molar-refractivity contribution < 1.29 is 24.1 Å². The molecule has 1 N–H and O–H groups in total. The van der Waals surface area contributed by atoms with Crippen LogP contribution >= 0.6 is 0 Å². The predicted octanol–water partition coefficient (Wildman–Crippen LogP) is -0.162. The fourth-order valence-electron chi connectivity index (χ4n) is 2.91. The molecule has 0 amide bonds. The molecule has 0 unspecified atom stereocenters. The van der Waals surface area contributed by atoms with E-state index >= 15 is 0 Å². The van der Waals surface area contributed by atoms with Gasteiger partial charge in [-0.3, -0.25) is 4.79 Å². The van der Waals surface area contributed by atoms with Crippen LogP contribution in [0.5, 0.6) is 0 Å². The first-order valence-corrected chi connectivity index (χ1v) is 5.46. The molecule has 2 saturated heterocycles. The standard InChI is InChI=1S/C11H14O5/c1-5(12)16-8-4-15-11-9-6(3-14-11)2-7(13)10(8)9/h2,7-11,13H,3-4H2,1H3/t7-,8-,9+,10+,11-/m0/s1. The number of esters is 1. The molecule has 2 aliphatic heterocycles. The fraction of sp³-hybridized carbons (Fsp3) is 0.727. The van der Waals surface area contributed by atoms with Gasteiger partial charge in [0.1, 0.15) is 6.10 Å². The molecule has 2 heterocycles. The highest BCUT2D eigenvalue weighted by Gasteiger charge is 2.53. The van der Waals surface area contributed by atoms with Crippen LogP contribution in [0.4, 0.5) is 0 Å². The Morgan fingerprint density at radius 2 is 2.38 bits per heavy atom. The van der Waals surface area contributed by atoms with Crippen LogP contribution in [0.25, 0.3) is 0 Å². The SMILES string of the molecule is CC(=O)O[C@H]1CO[C@@H]2OCC3=C[C@H](O)[C@H]1[C@@H]32. The van der Waals surface area contributed by atoms with Crippen molar-refractivity contribution >= 4 is 5.97 Å². The van der Waals surface area contributed by atoms with E-state index in [0.29, 0.717) is 13.2 Å².